The minimum Gasteiger partial charge on any atom is -0.462 e. The van der Waals surface area contributed by atoms with E-state index >= 15 is 0 Å². The summed E-state index contributed by atoms with van der Waals surface area (Å²) in [6, 6.07) is 0. The van der Waals surface area contributed by atoms with Gasteiger partial charge < -0.3 is 49.7 Å². The molecular weight excluding hydrogens is 922 g/mol. The van der Waals surface area contributed by atoms with Crippen LogP contribution < -0.4 is 0 Å². The van der Waals surface area contributed by atoms with Gasteiger partial charge in [0, 0.05) is 12.8 Å². The molecule has 386 valence electrons. The number of allylic oxidation sites excluding steroid dienone is 16. The Hall–Kier alpha value is -3.38. The summed E-state index contributed by atoms with van der Waals surface area (Å²) in [6.45, 7) is 2.72. The van der Waals surface area contributed by atoms with Crippen molar-refractivity contribution in [3.8, 4) is 0 Å². The summed E-state index contributed by atoms with van der Waals surface area (Å²) in [5.41, 5.74) is 0. The van der Waals surface area contributed by atoms with E-state index in [2.05, 4.69) is 67.0 Å². The first-order valence-corrected chi connectivity index (χ1v) is 26.6. The molecule has 1 fully saturated rings. The van der Waals surface area contributed by atoms with Crippen molar-refractivity contribution in [1.82, 2.24) is 0 Å². The van der Waals surface area contributed by atoms with Crippen LogP contribution in [0, 0.1) is 0 Å². The molecule has 0 aromatic heterocycles. The van der Waals surface area contributed by atoms with Gasteiger partial charge in [0.05, 0.1) is 12.7 Å². The maximum atomic E-state index is 13.0. The zero-order chi connectivity index (χ0) is 50.5. The number of phosphoric acid groups is 2. The van der Waals surface area contributed by atoms with Crippen molar-refractivity contribution in [1.29, 1.82) is 0 Å². The number of carbonyl (C=O) groups is 2. The summed E-state index contributed by atoms with van der Waals surface area (Å²) in [7, 11) is -10.7. The van der Waals surface area contributed by atoms with E-state index in [0.29, 0.717) is 25.7 Å². The number of carbonyl (C=O) groups excluding carboxylic acids is 2. The van der Waals surface area contributed by atoms with Crippen LogP contribution in [0.3, 0.4) is 0 Å². The summed E-state index contributed by atoms with van der Waals surface area (Å²) in [5, 5.41) is 51.3. The van der Waals surface area contributed by atoms with Crippen LogP contribution in [0.4, 0.5) is 0 Å². The third-order valence-electron chi connectivity index (χ3n) is 9.94. The lowest BCUT2D eigenvalue weighted by Crippen LogP contribution is -2.64. The van der Waals surface area contributed by atoms with E-state index in [4.69, 9.17) is 18.5 Å². The third-order valence-corrected chi connectivity index (χ3v) is 11.4. The molecule has 9 atom stereocenters. The standard InChI is InChI=1S/C49H78O17P2/c1-3-5-7-9-11-12-13-14-15-16-17-21-24-28-32-36-42(51)62-38-41(39-63-68(60,61)66-49-46(55)44(53)45(54)48(47(49)56)65-67(57,58)59)64-43(52)37-33-29-25-22-19-18-20-23-27-31-35-40(50)34-30-26-10-8-6-4-2/h5-8,11-12,14-15,18-19,23,25-27,29-31,35,40-41,44-50,53-56H,3-4,9-10,13,16-17,20-22,24,28,32-34,36-39H2,1-2H3,(H,60,61)(H2,57,58,59)/b7-5-,8-6-,12-11-,15-14-,19-18-,27-23-,29-25-,30-26-,35-31+/t40?,41-,44?,45?,46?,47?,48-,49+/m1/s1. The second-order valence-electron chi connectivity index (χ2n) is 15.9. The molecule has 1 aliphatic carbocycles. The van der Waals surface area contributed by atoms with Gasteiger partial charge >= 0.3 is 27.6 Å². The lowest BCUT2D eigenvalue weighted by molar-refractivity contribution is -0.216. The summed E-state index contributed by atoms with van der Waals surface area (Å²) < 4.78 is 49.2. The second kappa shape index (κ2) is 38.4. The van der Waals surface area contributed by atoms with Crippen molar-refractivity contribution in [3.63, 3.8) is 0 Å². The van der Waals surface area contributed by atoms with E-state index in [1.165, 1.54) is 0 Å². The van der Waals surface area contributed by atoms with Gasteiger partial charge in [-0.2, -0.15) is 0 Å². The third kappa shape index (κ3) is 32.4. The fourth-order valence-corrected chi connectivity index (χ4v) is 7.86. The normalized spacial score (nSPS) is 22.7. The highest BCUT2D eigenvalue weighted by molar-refractivity contribution is 7.47. The lowest BCUT2D eigenvalue weighted by atomic mass is 9.85. The van der Waals surface area contributed by atoms with Crippen LogP contribution in [0.25, 0.3) is 0 Å². The van der Waals surface area contributed by atoms with Crippen molar-refractivity contribution < 1.29 is 82.0 Å². The molecular formula is C49H78O17P2. The van der Waals surface area contributed by atoms with E-state index < -0.39 is 89.6 Å². The first-order valence-electron chi connectivity index (χ1n) is 23.5. The molecule has 0 bridgehead atoms. The highest BCUT2D eigenvalue weighted by Crippen LogP contribution is 2.49. The summed E-state index contributed by atoms with van der Waals surface area (Å²) in [4.78, 5) is 54.2. The van der Waals surface area contributed by atoms with Crippen molar-refractivity contribution in [3.05, 3.63) is 109 Å². The Morgan fingerprint density at radius 2 is 1.06 bits per heavy atom. The Morgan fingerprint density at radius 3 is 1.66 bits per heavy atom. The number of esters is 2. The van der Waals surface area contributed by atoms with Gasteiger partial charge in [0.1, 0.15) is 43.2 Å². The maximum absolute atomic E-state index is 13.0. The summed E-state index contributed by atoms with van der Waals surface area (Å²) in [5.74, 6) is -1.37. The van der Waals surface area contributed by atoms with Gasteiger partial charge in [0.25, 0.3) is 0 Å². The number of unbranched alkanes of at least 4 members (excludes halogenated alkanes) is 5. The van der Waals surface area contributed by atoms with E-state index in [0.717, 1.165) is 64.2 Å². The number of hydrogen-bond donors (Lipinski definition) is 8. The Labute approximate surface area is 402 Å². The minimum atomic E-state index is -5.39. The van der Waals surface area contributed by atoms with E-state index in [1.807, 2.05) is 42.5 Å². The monoisotopic (exact) mass is 1000 g/mol. The molecule has 6 unspecified atom stereocenters. The lowest BCUT2D eigenvalue weighted by Gasteiger charge is -2.43. The van der Waals surface area contributed by atoms with Crippen LogP contribution in [0.1, 0.15) is 123 Å². The number of rotatable bonds is 37. The van der Waals surface area contributed by atoms with Crippen molar-refractivity contribution in [2.45, 2.75) is 172 Å². The van der Waals surface area contributed by atoms with Gasteiger partial charge in [-0.15, -0.1) is 0 Å². The van der Waals surface area contributed by atoms with Crippen LogP contribution in [-0.2, 0) is 41.8 Å². The largest absolute Gasteiger partial charge is 0.472 e. The molecule has 0 radical (unpaired) electrons. The van der Waals surface area contributed by atoms with Crippen molar-refractivity contribution in [2.24, 2.45) is 0 Å². The average molecular weight is 1000 g/mol. The van der Waals surface area contributed by atoms with Crippen molar-refractivity contribution in [2.75, 3.05) is 13.2 Å². The van der Waals surface area contributed by atoms with Crippen molar-refractivity contribution >= 4 is 27.6 Å². The second-order valence-corrected chi connectivity index (χ2v) is 18.5. The molecule has 0 aromatic rings. The zero-order valence-electron chi connectivity index (χ0n) is 39.6. The Morgan fingerprint density at radius 1 is 0.544 bits per heavy atom. The predicted molar refractivity (Wildman–Crippen MR) is 261 cm³/mol. The molecule has 68 heavy (non-hydrogen) atoms. The molecule has 0 amide bonds. The van der Waals surface area contributed by atoms with Crippen LogP contribution in [0.2, 0.25) is 0 Å². The van der Waals surface area contributed by atoms with E-state index in [-0.39, 0.29) is 19.3 Å². The molecule has 0 heterocycles. The van der Waals surface area contributed by atoms with Gasteiger partial charge in [-0.3, -0.25) is 23.2 Å². The Kier molecular flexibility index (Phi) is 35.4. The van der Waals surface area contributed by atoms with Gasteiger partial charge in [0.15, 0.2) is 6.10 Å². The van der Waals surface area contributed by atoms with Crippen LogP contribution in [-0.4, -0.2) is 114 Å². The summed E-state index contributed by atoms with van der Waals surface area (Å²) in [6.07, 6.45) is 32.3. The predicted octanol–water partition coefficient (Wildman–Crippen LogP) is 7.92. The van der Waals surface area contributed by atoms with E-state index in [9.17, 15) is 58.9 Å². The highest BCUT2D eigenvalue weighted by atomic mass is 31.2. The number of phosphoric ester groups is 2. The SMILES string of the molecule is CC/C=C\C/C=C\C/C=C\CCCCCCCC(=O)OC[C@H](COP(=O)(O)O[C@H]1C(O)C(O)C(O)[C@@H](OP(=O)(O)O)C1O)OC(=O)CC/C=C\C/C=C\C/C=C\C=C\C(O)C/C=C\C/C=C\CC. The molecule has 0 saturated heterocycles. The molecule has 8 N–H and O–H groups in total. The molecule has 17 nitrogen and oxygen atoms in total. The van der Waals surface area contributed by atoms with Gasteiger partial charge in [-0.25, -0.2) is 9.13 Å². The van der Waals surface area contributed by atoms with Crippen LogP contribution in [0.15, 0.2) is 109 Å². The number of ether oxygens (including phenoxy) is 2. The van der Waals surface area contributed by atoms with Gasteiger partial charge in [0.2, 0.25) is 0 Å². The molecule has 1 saturated carbocycles. The minimum absolute atomic E-state index is 0.0683. The fourth-order valence-electron chi connectivity index (χ4n) is 6.32. The summed E-state index contributed by atoms with van der Waals surface area (Å²) >= 11 is 0. The average Bonchev–Trinajstić information content (AvgIpc) is 3.29. The van der Waals surface area contributed by atoms with Crippen LogP contribution >= 0.6 is 15.6 Å². The molecule has 19 heteroatoms. The molecule has 0 aliphatic heterocycles. The molecule has 1 rings (SSSR count). The number of aliphatic hydroxyl groups excluding tert-OH is 5. The van der Waals surface area contributed by atoms with Gasteiger partial charge in [-0.05, 0) is 77.0 Å². The first kappa shape index (κ1) is 62.6. The molecule has 0 spiro atoms. The topological polar surface area (TPSA) is 276 Å². The number of hydrogen-bond acceptors (Lipinski definition) is 14. The smallest absolute Gasteiger partial charge is 0.462 e. The molecule has 1 aliphatic rings. The maximum Gasteiger partial charge on any atom is 0.472 e. The Bertz CT molecular complexity index is 1750. The zero-order valence-corrected chi connectivity index (χ0v) is 41.4. The Balaban J connectivity index is 2.69. The van der Waals surface area contributed by atoms with E-state index in [1.54, 1.807) is 18.2 Å². The quantitative estimate of drug-likeness (QED) is 0.00965. The molecule has 0 aromatic carbocycles. The highest BCUT2D eigenvalue weighted by Gasteiger charge is 2.54. The fraction of sp³-hybridized carbons (Fsp3) is 0.592. The van der Waals surface area contributed by atoms with Crippen LogP contribution in [0.5, 0.6) is 0 Å². The first-order chi connectivity index (χ1) is 32.5. The number of aliphatic hydroxyl groups is 5. The van der Waals surface area contributed by atoms with Gasteiger partial charge in [-0.1, -0.05) is 142 Å².